The molecule has 1 fully saturated rings. The molecule has 0 aliphatic heterocycles. The molecule has 22 heavy (non-hydrogen) atoms. The molecule has 6 heteroatoms. The number of rotatable bonds is 7. The van der Waals surface area contributed by atoms with Gasteiger partial charge >= 0.3 is 0 Å². The smallest absolute Gasteiger partial charge is 0.239 e. The van der Waals surface area contributed by atoms with E-state index in [0.29, 0.717) is 23.3 Å². The van der Waals surface area contributed by atoms with E-state index in [2.05, 4.69) is 10.6 Å². The molecule has 2 N–H and O–H groups in total. The summed E-state index contributed by atoms with van der Waals surface area (Å²) in [6.45, 7) is 0.217. The summed E-state index contributed by atoms with van der Waals surface area (Å²) in [6.07, 6.45) is 4.56. The quantitative estimate of drug-likeness (QED) is 0.808. The van der Waals surface area contributed by atoms with Gasteiger partial charge in [-0.3, -0.25) is 4.79 Å². The summed E-state index contributed by atoms with van der Waals surface area (Å²) in [5, 5.41) is 6.13. The van der Waals surface area contributed by atoms with Gasteiger partial charge in [0.05, 0.1) is 27.9 Å². The zero-order valence-electron chi connectivity index (χ0n) is 13.4. The van der Waals surface area contributed by atoms with Crippen LogP contribution in [0.15, 0.2) is 12.1 Å². The van der Waals surface area contributed by atoms with Gasteiger partial charge in [-0.1, -0.05) is 12.8 Å². The van der Waals surface area contributed by atoms with Crippen LogP contribution in [-0.4, -0.2) is 39.8 Å². The van der Waals surface area contributed by atoms with Gasteiger partial charge in [-0.15, -0.1) is 0 Å². The van der Waals surface area contributed by atoms with Crippen LogP contribution in [0.4, 0.5) is 5.69 Å². The molecule has 0 saturated heterocycles. The van der Waals surface area contributed by atoms with Crippen LogP contribution < -0.4 is 24.8 Å². The highest BCUT2D eigenvalue weighted by molar-refractivity contribution is 5.81. The Labute approximate surface area is 131 Å². The number of hydrogen-bond acceptors (Lipinski definition) is 5. The van der Waals surface area contributed by atoms with Gasteiger partial charge in [-0.25, -0.2) is 0 Å². The van der Waals surface area contributed by atoms with Crippen LogP contribution in [0, 0.1) is 0 Å². The van der Waals surface area contributed by atoms with Crippen LogP contribution in [0.3, 0.4) is 0 Å². The van der Waals surface area contributed by atoms with Gasteiger partial charge in [0.25, 0.3) is 0 Å². The van der Waals surface area contributed by atoms with E-state index < -0.39 is 0 Å². The first-order chi connectivity index (χ1) is 10.7. The Hall–Kier alpha value is -2.11. The lowest BCUT2D eigenvalue weighted by Gasteiger charge is -2.16. The Bertz CT molecular complexity index is 488. The third kappa shape index (κ3) is 3.96. The second-order valence-electron chi connectivity index (χ2n) is 5.32. The van der Waals surface area contributed by atoms with Gasteiger partial charge in [0.15, 0.2) is 11.5 Å². The van der Waals surface area contributed by atoms with Crippen LogP contribution in [0.1, 0.15) is 25.7 Å². The number of hydrogen-bond donors (Lipinski definition) is 2. The fourth-order valence-corrected chi connectivity index (χ4v) is 2.71. The van der Waals surface area contributed by atoms with Crippen molar-refractivity contribution >= 4 is 11.6 Å². The second kappa shape index (κ2) is 7.77. The SMILES string of the molecule is COc1cc(NCC(=O)NC2CCCC2)cc(OC)c1OC. The van der Waals surface area contributed by atoms with Gasteiger partial charge in [0.1, 0.15) is 0 Å². The Kier molecular flexibility index (Phi) is 5.75. The third-order valence-corrected chi connectivity index (χ3v) is 3.84. The van der Waals surface area contributed by atoms with Crippen molar-refractivity contribution in [3.05, 3.63) is 12.1 Å². The maximum Gasteiger partial charge on any atom is 0.239 e. The Balaban J connectivity index is 1.98. The lowest BCUT2D eigenvalue weighted by atomic mass is 10.2. The third-order valence-electron chi connectivity index (χ3n) is 3.84. The van der Waals surface area contributed by atoms with Crippen LogP contribution in [-0.2, 0) is 4.79 Å². The highest BCUT2D eigenvalue weighted by Crippen LogP contribution is 2.39. The molecule has 1 aromatic rings. The van der Waals surface area contributed by atoms with Crippen LogP contribution in [0.2, 0.25) is 0 Å². The Morgan fingerprint density at radius 3 is 2.18 bits per heavy atom. The average Bonchev–Trinajstić information content (AvgIpc) is 3.04. The van der Waals surface area contributed by atoms with Crippen molar-refractivity contribution in [3.63, 3.8) is 0 Å². The van der Waals surface area contributed by atoms with E-state index in [0.717, 1.165) is 18.5 Å². The molecule has 0 heterocycles. The largest absolute Gasteiger partial charge is 0.493 e. The van der Waals surface area contributed by atoms with E-state index in [1.165, 1.54) is 12.8 Å². The number of methoxy groups -OCH3 is 3. The van der Waals surface area contributed by atoms with E-state index in [1.54, 1.807) is 33.5 Å². The number of carbonyl (C=O) groups excluding carboxylic acids is 1. The number of ether oxygens (including phenoxy) is 3. The number of carbonyl (C=O) groups is 1. The fraction of sp³-hybridized carbons (Fsp3) is 0.562. The highest BCUT2D eigenvalue weighted by Gasteiger charge is 2.17. The minimum absolute atomic E-state index is 0.000603. The minimum atomic E-state index is 0.000603. The van der Waals surface area contributed by atoms with Crippen LogP contribution in [0.25, 0.3) is 0 Å². The molecular weight excluding hydrogens is 284 g/mol. The summed E-state index contributed by atoms with van der Waals surface area (Å²) in [5.74, 6) is 1.65. The normalized spacial score (nSPS) is 14.5. The standard InChI is InChI=1S/C16H24N2O4/c1-20-13-8-12(9-14(21-2)16(13)22-3)17-10-15(19)18-11-6-4-5-7-11/h8-9,11,17H,4-7,10H2,1-3H3,(H,18,19). The first kappa shape index (κ1) is 16.3. The zero-order valence-corrected chi connectivity index (χ0v) is 13.4. The van der Waals surface area contributed by atoms with Crippen molar-refractivity contribution in [2.24, 2.45) is 0 Å². The molecule has 6 nitrogen and oxygen atoms in total. The molecular formula is C16H24N2O4. The molecule has 0 atom stereocenters. The molecule has 0 bridgehead atoms. The lowest BCUT2D eigenvalue weighted by molar-refractivity contribution is -0.120. The minimum Gasteiger partial charge on any atom is -0.493 e. The molecule has 0 radical (unpaired) electrons. The lowest BCUT2D eigenvalue weighted by Crippen LogP contribution is -2.36. The molecule has 1 saturated carbocycles. The summed E-state index contributed by atoms with van der Waals surface area (Å²) in [6, 6.07) is 3.89. The first-order valence-electron chi connectivity index (χ1n) is 7.51. The van der Waals surface area contributed by atoms with Crippen LogP contribution in [0.5, 0.6) is 17.2 Å². The number of benzene rings is 1. The molecule has 0 spiro atoms. The summed E-state index contributed by atoms with van der Waals surface area (Å²) in [5.41, 5.74) is 0.746. The monoisotopic (exact) mass is 308 g/mol. The number of amides is 1. The van der Waals surface area contributed by atoms with Crippen molar-refractivity contribution in [2.45, 2.75) is 31.7 Å². The van der Waals surface area contributed by atoms with Gasteiger partial charge in [-0.2, -0.15) is 0 Å². The Morgan fingerprint density at radius 1 is 1.09 bits per heavy atom. The van der Waals surface area contributed by atoms with E-state index in [4.69, 9.17) is 14.2 Å². The zero-order chi connectivity index (χ0) is 15.9. The number of nitrogens with one attached hydrogen (secondary N) is 2. The molecule has 0 aromatic heterocycles. The first-order valence-corrected chi connectivity index (χ1v) is 7.51. The maximum absolute atomic E-state index is 11.9. The van der Waals surface area contributed by atoms with Gasteiger partial charge < -0.3 is 24.8 Å². The van der Waals surface area contributed by atoms with Crippen LogP contribution >= 0.6 is 0 Å². The second-order valence-corrected chi connectivity index (χ2v) is 5.32. The summed E-state index contributed by atoms with van der Waals surface area (Å²) >= 11 is 0. The topological polar surface area (TPSA) is 68.8 Å². The predicted molar refractivity (Wildman–Crippen MR) is 85.0 cm³/mol. The van der Waals surface area contributed by atoms with Crippen molar-refractivity contribution < 1.29 is 19.0 Å². The average molecular weight is 308 g/mol. The molecule has 122 valence electrons. The van der Waals surface area contributed by atoms with Gasteiger partial charge in [0, 0.05) is 23.9 Å². The van der Waals surface area contributed by atoms with Gasteiger partial charge in [-0.05, 0) is 12.8 Å². The fourth-order valence-electron chi connectivity index (χ4n) is 2.71. The molecule has 1 amide bonds. The summed E-state index contributed by atoms with van der Waals surface area (Å²) in [4.78, 5) is 11.9. The molecule has 1 aliphatic carbocycles. The van der Waals surface area contributed by atoms with Crippen molar-refractivity contribution in [1.82, 2.24) is 5.32 Å². The van der Waals surface area contributed by atoms with Gasteiger partial charge in [0.2, 0.25) is 11.7 Å². The van der Waals surface area contributed by atoms with Crippen molar-refractivity contribution in [3.8, 4) is 17.2 Å². The summed E-state index contributed by atoms with van der Waals surface area (Å²) in [7, 11) is 4.68. The molecule has 1 aliphatic rings. The van der Waals surface area contributed by atoms with E-state index in [9.17, 15) is 4.79 Å². The molecule has 2 rings (SSSR count). The maximum atomic E-state index is 11.9. The summed E-state index contributed by atoms with van der Waals surface area (Å²) < 4.78 is 15.8. The van der Waals surface area contributed by atoms with E-state index in [1.807, 2.05) is 0 Å². The van der Waals surface area contributed by atoms with Crippen molar-refractivity contribution in [2.75, 3.05) is 33.2 Å². The molecule has 0 unspecified atom stereocenters. The van der Waals surface area contributed by atoms with Crippen molar-refractivity contribution in [1.29, 1.82) is 0 Å². The number of anilines is 1. The predicted octanol–water partition coefficient (Wildman–Crippen LogP) is 2.18. The van der Waals surface area contributed by atoms with E-state index in [-0.39, 0.29) is 12.5 Å². The highest BCUT2D eigenvalue weighted by atomic mass is 16.5. The molecule has 1 aromatic carbocycles. The Morgan fingerprint density at radius 2 is 1.68 bits per heavy atom. The van der Waals surface area contributed by atoms with E-state index >= 15 is 0 Å².